The van der Waals surface area contributed by atoms with E-state index in [4.69, 9.17) is 29.4 Å². The molecule has 2 fully saturated rings. The molecule has 186 valence electrons. The third-order valence-corrected chi connectivity index (χ3v) is 5.29. The van der Waals surface area contributed by atoms with Crippen molar-refractivity contribution < 1.29 is 42.9 Å². The smallest absolute Gasteiger partial charge is 0.408 e. The molecule has 1 aromatic rings. The summed E-state index contributed by atoms with van der Waals surface area (Å²) < 4.78 is 26.8. The van der Waals surface area contributed by atoms with E-state index in [-0.39, 0.29) is 19.4 Å². The molecule has 3 amide bonds. The number of methoxy groups -OCH3 is 1. The number of nitrogens with one attached hydrogen (secondary N) is 2. The van der Waals surface area contributed by atoms with Gasteiger partial charge < -0.3 is 40.1 Å². The molecule has 2 aliphatic rings. The maximum atomic E-state index is 12.5. The van der Waals surface area contributed by atoms with Crippen molar-refractivity contribution in [2.75, 3.05) is 7.11 Å². The Balaban J connectivity index is 1.52. The standard InChI is InChI=1S/C22H29N3O9/c1-22(2)33-15-16(18(23)27)32-19(17(15)34-22)25-14(26)10-9-13(20(28)30-3)24-21(29)31-11-12-7-5-4-6-8-12/h4-8,13,15-17,19H,9-11H2,1-3H3,(H2,23,27)(H,24,29)(H,25,26)/t13-,15+,16?,17+,19+/m0/s1. The van der Waals surface area contributed by atoms with Crippen molar-refractivity contribution in [2.24, 2.45) is 5.73 Å². The largest absolute Gasteiger partial charge is 0.467 e. The van der Waals surface area contributed by atoms with Crippen molar-refractivity contribution >= 4 is 23.9 Å². The Labute approximate surface area is 196 Å². The predicted octanol–water partition coefficient (Wildman–Crippen LogP) is 0.0811. The lowest BCUT2D eigenvalue weighted by Gasteiger charge is -2.24. The minimum atomic E-state index is -1.11. The molecule has 0 saturated carbocycles. The number of carbonyl (C=O) groups is 4. The van der Waals surface area contributed by atoms with Crippen LogP contribution in [-0.2, 0) is 44.7 Å². The Morgan fingerprint density at radius 2 is 1.79 bits per heavy atom. The molecule has 2 heterocycles. The molecule has 3 rings (SSSR count). The molecule has 1 aromatic carbocycles. The zero-order valence-corrected chi connectivity index (χ0v) is 19.1. The number of primary amides is 1. The Morgan fingerprint density at radius 3 is 2.44 bits per heavy atom. The normalized spacial score (nSPS) is 25.6. The highest BCUT2D eigenvalue weighted by atomic mass is 16.8. The van der Waals surface area contributed by atoms with Crippen molar-refractivity contribution in [1.82, 2.24) is 10.6 Å². The summed E-state index contributed by atoms with van der Waals surface area (Å²) in [5.41, 5.74) is 6.15. The van der Waals surface area contributed by atoms with E-state index in [0.29, 0.717) is 0 Å². The van der Waals surface area contributed by atoms with Gasteiger partial charge in [0.25, 0.3) is 0 Å². The number of ether oxygens (including phenoxy) is 5. The fourth-order valence-electron chi connectivity index (χ4n) is 3.75. The quantitative estimate of drug-likeness (QED) is 0.416. The van der Waals surface area contributed by atoms with Crippen LogP contribution in [0.4, 0.5) is 4.79 Å². The van der Waals surface area contributed by atoms with E-state index < -0.39 is 60.2 Å². The lowest BCUT2D eigenvalue weighted by molar-refractivity contribution is -0.192. The van der Waals surface area contributed by atoms with Crippen LogP contribution < -0.4 is 16.4 Å². The number of rotatable bonds is 9. The van der Waals surface area contributed by atoms with Gasteiger partial charge in [0.05, 0.1) is 7.11 Å². The van der Waals surface area contributed by atoms with Gasteiger partial charge in [-0.1, -0.05) is 30.3 Å². The summed E-state index contributed by atoms with van der Waals surface area (Å²) in [5, 5.41) is 5.02. The highest BCUT2D eigenvalue weighted by Gasteiger charge is 2.57. The number of esters is 1. The minimum absolute atomic E-state index is 0.0159. The van der Waals surface area contributed by atoms with Crippen LogP contribution in [0.2, 0.25) is 0 Å². The van der Waals surface area contributed by atoms with Gasteiger partial charge in [-0.2, -0.15) is 0 Å². The molecular formula is C22H29N3O9. The second-order valence-corrected chi connectivity index (χ2v) is 8.33. The third-order valence-electron chi connectivity index (χ3n) is 5.29. The van der Waals surface area contributed by atoms with Crippen molar-refractivity contribution in [3.63, 3.8) is 0 Å². The van der Waals surface area contributed by atoms with E-state index in [2.05, 4.69) is 10.6 Å². The van der Waals surface area contributed by atoms with Gasteiger partial charge >= 0.3 is 12.1 Å². The van der Waals surface area contributed by atoms with Crippen molar-refractivity contribution in [1.29, 1.82) is 0 Å². The topological polar surface area (TPSA) is 165 Å². The molecule has 0 radical (unpaired) electrons. The lowest BCUT2D eigenvalue weighted by atomic mass is 10.1. The summed E-state index contributed by atoms with van der Waals surface area (Å²) in [5.74, 6) is -2.95. The summed E-state index contributed by atoms with van der Waals surface area (Å²) in [4.78, 5) is 48.4. The van der Waals surface area contributed by atoms with Gasteiger partial charge in [0.15, 0.2) is 18.1 Å². The molecule has 0 bridgehead atoms. The first-order valence-corrected chi connectivity index (χ1v) is 10.7. The zero-order valence-electron chi connectivity index (χ0n) is 19.1. The van der Waals surface area contributed by atoms with Crippen molar-refractivity contribution in [3.8, 4) is 0 Å². The van der Waals surface area contributed by atoms with E-state index in [1.54, 1.807) is 38.1 Å². The second-order valence-electron chi connectivity index (χ2n) is 8.33. The van der Waals surface area contributed by atoms with Crippen LogP contribution in [-0.4, -0.2) is 67.4 Å². The number of hydrogen-bond donors (Lipinski definition) is 3. The highest BCUT2D eigenvalue weighted by molar-refractivity contribution is 5.83. The molecule has 0 aliphatic carbocycles. The Hall–Kier alpha value is -3.22. The van der Waals surface area contributed by atoms with E-state index in [0.717, 1.165) is 5.56 Å². The molecular weight excluding hydrogens is 450 g/mol. The summed E-state index contributed by atoms with van der Waals surface area (Å²) in [6, 6.07) is 7.90. The van der Waals surface area contributed by atoms with Gasteiger partial charge in [0.1, 0.15) is 24.9 Å². The van der Waals surface area contributed by atoms with Crippen LogP contribution in [0.25, 0.3) is 0 Å². The summed E-state index contributed by atoms with van der Waals surface area (Å²) >= 11 is 0. The number of nitrogens with two attached hydrogens (primary N) is 1. The second kappa shape index (κ2) is 10.8. The SMILES string of the molecule is COC(=O)[C@H](CCC(=O)N[C@@H]1OC(C(N)=O)[C@H]2OC(C)(C)O[C@@H]12)NC(=O)OCc1ccccc1. The number of amides is 3. The number of benzene rings is 1. The summed E-state index contributed by atoms with van der Waals surface area (Å²) in [7, 11) is 1.17. The summed E-state index contributed by atoms with van der Waals surface area (Å²) in [6.45, 7) is 3.36. The number of alkyl carbamates (subject to hydrolysis) is 1. The number of hydrogen-bond acceptors (Lipinski definition) is 9. The molecule has 2 saturated heterocycles. The Morgan fingerprint density at radius 1 is 1.12 bits per heavy atom. The average molecular weight is 479 g/mol. The van der Waals surface area contributed by atoms with E-state index >= 15 is 0 Å². The van der Waals surface area contributed by atoms with Crippen LogP contribution in [0.15, 0.2) is 30.3 Å². The lowest BCUT2D eigenvalue weighted by Crippen LogP contribution is -2.45. The van der Waals surface area contributed by atoms with Gasteiger partial charge in [0.2, 0.25) is 11.8 Å². The van der Waals surface area contributed by atoms with Gasteiger partial charge in [-0.25, -0.2) is 9.59 Å². The molecule has 5 atom stereocenters. The first-order chi connectivity index (χ1) is 16.1. The Bertz CT molecular complexity index is 908. The minimum Gasteiger partial charge on any atom is -0.467 e. The number of carbonyl (C=O) groups excluding carboxylic acids is 4. The molecule has 12 nitrogen and oxygen atoms in total. The fourth-order valence-corrected chi connectivity index (χ4v) is 3.75. The maximum absolute atomic E-state index is 12.5. The van der Waals surface area contributed by atoms with Crippen LogP contribution in [0, 0.1) is 0 Å². The molecule has 34 heavy (non-hydrogen) atoms. The molecule has 0 spiro atoms. The predicted molar refractivity (Wildman–Crippen MR) is 115 cm³/mol. The fraction of sp³-hybridized carbons (Fsp3) is 0.545. The van der Waals surface area contributed by atoms with E-state index in [1.165, 1.54) is 7.11 Å². The third kappa shape index (κ3) is 6.43. The molecule has 0 aromatic heterocycles. The van der Waals surface area contributed by atoms with Crippen LogP contribution >= 0.6 is 0 Å². The van der Waals surface area contributed by atoms with Crippen LogP contribution in [0.3, 0.4) is 0 Å². The van der Waals surface area contributed by atoms with Gasteiger partial charge in [-0.3, -0.25) is 9.59 Å². The van der Waals surface area contributed by atoms with Gasteiger partial charge in [-0.15, -0.1) is 0 Å². The number of fused-ring (bicyclic) bond motifs is 1. The van der Waals surface area contributed by atoms with Crippen LogP contribution in [0.5, 0.6) is 0 Å². The molecule has 1 unspecified atom stereocenters. The maximum Gasteiger partial charge on any atom is 0.408 e. The molecule has 4 N–H and O–H groups in total. The van der Waals surface area contributed by atoms with Gasteiger partial charge in [-0.05, 0) is 25.8 Å². The summed E-state index contributed by atoms with van der Waals surface area (Å²) in [6.07, 6.45) is -4.62. The Kier molecular flexibility index (Phi) is 8.07. The highest BCUT2D eigenvalue weighted by Crippen LogP contribution is 2.37. The van der Waals surface area contributed by atoms with Gasteiger partial charge in [0, 0.05) is 6.42 Å². The van der Waals surface area contributed by atoms with Crippen LogP contribution in [0.1, 0.15) is 32.3 Å². The van der Waals surface area contributed by atoms with E-state index in [1.807, 2.05) is 6.07 Å². The van der Waals surface area contributed by atoms with Crippen molar-refractivity contribution in [3.05, 3.63) is 35.9 Å². The van der Waals surface area contributed by atoms with Crippen molar-refractivity contribution in [2.45, 2.75) is 69.7 Å². The van der Waals surface area contributed by atoms with E-state index in [9.17, 15) is 19.2 Å². The zero-order chi connectivity index (χ0) is 24.9. The molecule has 2 aliphatic heterocycles. The average Bonchev–Trinajstić information content (AvgIpc) is 3.28. The first-order valence-electron chi connectivity index (χ1n) is 10.7. The molecule has 12 heteroatoms. The first kappa shape index (κ1) is 25.4. The monoisotopic (exact) mass is 479 g/mol.